The first kappa shape index (κ1) is 22.1. The van der Waals surface area contributed by atoms with Crippen LogP contribution in [0.25, 0.3) is 0 Å². The summed E-state index contributed by atoms with van der Waals surface area (Å²) in [5, 5.41) is 17.9. The third-order valence-corrected chi connectivity index (χ3v) is 5.28. The van der Waals surface area contributed by atoms with Crippen LogP contribution in [-0.4, -0.2) is 61.1 Å². The van der Waals surface area contributed by atoms with Crippen LogP contribution in [0.15, 0.2) is 0 Å². The molecule has 1 saturated carbocycles. The summed E-state index contributed by atoms with van der Waals surface area (Å²) in [4.78, 5) is 23.1. The van der Waals surface area contributed by atoms with Crippen LogP contribution in [0.5, 0.6) is 0 Å². The summed E-state index contributed by atoms with van der Waals surface area (Å²) in [7, 11) is 0. The van der Waals surface area contributed by atoms with E-state index < -0.39 is 11.5 Å². The van der Waals surface area contributed by atoms with Crippen LogP contribution in [0.4, 0.5) is 9.18 Å². The maximum Gasteiger partial charge on any atom is 0.317 e. The predicted molar refractivity (Wildman–Crippen MR) is 103 cm³/mol. The van der Waals surface area contributed by atoms with E-state index in [1.807, 2.05) is 0 Å². The van der Waals surface area contributed by atoms with Gasteiger partial charge in [0.05, 0.1) is 11.5 Å². The van der Waals surface area contributed by atoms with E-state index in [4.69, 9.17) is 11.6 Å². The molecule has 1 aliphatic carbocycles. The van der Waals surface area contributed by atoms with Gasteiger partial charge in [0.25, 0.3) is 0 Å². The lowest BCUT2D eigenvalue weighted by molar-refractivity contribution is -0.118. The maximum absolute atomic E-state index is 13.4. The van der Waals surface area contributed by atoms with Gasteiger partial charge in [-0.05, 0) is 45.6 Å². The summed E-state index contributed by atoms with van der Waals surface area (Å²) in [5.74, 6) is -0.0284. The summed E-state index contributed by atoms with van der Waals surface area (Å²) in [6.07, 6.45) is 1.80. The van der Waals surface area contributed by atoms with E-state index >= 15 is 0 Å². The Hall–Kier alpha value is -1.16. The number of hydrogen-bond acceptors (Lipinski definition) is 5. The minimum absolute atomic E-state index is 0.0284. The molecular weight excluding hydrogens is 375 g/mol. The van der Waals surface area contributed by atoms with Crippen LogP contribution in [0.1, 0.15) is 46.0 Å². The lowest BCUT2D eigenvalue weighted by Crippen LogP contribution is -2.68. The molecule has 0 aromatic rings. The second-order valence-electron chi connectivity index (χ2n) is 7.41. The Morgan fingerprint density at radius 1 is 1.15 bits per heavy atom. The molecule has 2 aliphatic rings. The van der Waals surface area contributed by atoms with Crippen LogP contribution < -0.4 is 31.9 Å². The zero-order valence-corrected chi connectivity index (χ0v) is 16.7. The minimum Gasteiger partial charge on any atom is -0.356 e. The molecule has 10 heteroatoms. The standard InChI is InChI=1S/C17H32ClFN6O2/c1-10-8-15(21-7-3-6-20-11(2)26)24-16(22-10)25-17(27)23-12-4-5-14(19)13(18)9-12/h10,12-16,21-22,24H,3-9H2,1-2H3,(H,20,26)(H2,23,25,27). The Morgan fingerprint density at radius 2 is 1.93 bits per heavy atom. The van der Waals surface area contributed by atoms with Gasteiger partial charge in [-0.15, -0.1) is 11.6 Å². The number of carbonyl (C=O) groups is 2. The van der Waals surface area contributed by atoms with Crippen LogP contribution >= 0.6 is 11.6 Å². The van der Waals surface area contributed by atoms with Gasteiger partial charge in [0.1, 0.15) is 12.5 Å². The van der Waals surface area contributed by atoms with E-state index in [-0.39, 0.29) is 36.5 Å². The van der Waals surface area contributed by atoms with Gasteiger partial charge in [-0.2, -0.15) is 0 Å². The van der Waals surface area contributed by atoms with Gasteiger partial charge >= 0.3 is 6.03 Å². The quantitative estimate of drug-likeness (QED) is 0.272. The number of nitrogens with one attached hydrogen (secondary N) is 6. The molecule has 6 unspecified atom stereocenters. The average Bonchev–Trinajstić information content (AvgIpc) is 2.57. The Balaban J connectivity index is 1.68. The molecule has 1 saturated heterocycles. The predicted octanol–water partition coefficient (Wildman–Crippen LogP) is 0.481. The molecule has 6 atom stereocenters. The first-order valence-electron chi connectivity index (χ1n) is 9.68. The molecule has 8 nitrogen and oxygen atoms in total. The van der Waals surface area contributed by atoms with E-state index in [0.29, 0.717) is 25.8 Å². The second kappa shape index (κ2) is 11.0. The van der Waals surface area contributed by atoms with E-state index in [0.717, 1.165) is 19.4 Å². The molecule has 2 fully saturated rings. The molecule has 2 rings (SSSR count). The smallest absolute Gasteiger partial charge is 0.317 e. The minimum atomic E-state index is -0.993. The molecule has 3 amide bonds. The zero-order chi connectivity index (χ0) is 19.8. The van der Waals surface area contributed by atoms with Crippen molar-refractivity contribution < 1.29 is 14.0 Å². The Labute approximate surface area is 165 Å². The molecule has 0 aromatic carbocycles. The zero-order valence-electron chi connectivity index (χ0n) is 16.0. The lowest BCUT2D eigenvalue weighted by Gasteiger charge is -2.37. The third-order valence-electron chi connectivity index (χ3n) is 4.83. The van der Waals surface area contributed by atoms with Gasteiger partial charge in [0, 0.05) is 25.6 Å². The molecular formula is C17H32ClFN6O2. The molecule has 1 heterocycles. The third kappa shape index (κ3) is 8.16. The molecule has 0 bridgehead atoms. The fraction of sp³-hybridized carbons (Fsp3) is 0.882. The topological polar surface area (TPSA) is 106 Å². The molecule has 27 heavy (non-hydrogen) atoms. The normalized spacial score (nSPS) is 33.9. The molecule has 1 aliphatic heterocycles. The summed E-state index contributed by atoms with van der Waals surface area (Å²) >= 11 is 5.96. The summed E-state index contributed by atoms with van der Waals surface area (Å²) in [6.45, 7) is 4.95. The molecule has 0 radical (unpaired) electrons. The van der Waals surface area contributed by atoms with Gasteiger partial charge < -0.3 is 21.3 Å². The Morgan fingerprint density at radius 3 is 2.63 bits per heavy atom. The van der Waals surface area contributed by atoms with Crippen LogP contribution in [-0.2, 0) is 4.79 Å². The summed E-state index contributed by atoms with van der Waals surface area (Å²) in [6, 6.07) is -0.188. The number of amides is 3. The number of rotatable bonds is 7. The SMILES string of the molecule is CC(=O)NCCCNC1CC(C)NC(NC(=O)NC2CCC(F)C(Cl)C2)N1. The molecule has 6 N–H and O–H groups in total. The van der Waals surface area contributed by atoms with Gasteiger partial charge in [0.15, 0.2) is 0 Å². The largest absolute Gasteiger partial charge is 0.356 e. The van der Waals surface area contributed by atoms with Gasteiger partial charge in [-0.25, -0.2) is 9.18 Å². The Kier molecular flexibility index (Phi) is 9.01. The van der Waals surface area contributed by atoms with E-state index in [9.17, 15) is 14.0 Å². The molecule has 0 spiro atoms. The highest BCUT2D eigenvalue weighted by Gasteiger charge is 2.31. The van der Waals surface area contributed by atoms with Crippen molar-refractivity contribution >= 4 is 23.5 Å². The van der Waals surface area contributed by atoms with E-state index in [1.54, 1.807) is 0 Å². The Bertz CT molecular complexity index is 500. The molecule has 0 aromatic heterocycles. The van der Waals surface area contributed by atoms with Gasteiger partial charge in [-0.1, -0.05) is 0 Å². The first-order valence-corrected chi connectivity index (χ1v) is 10.1. The van der Waals surface area contributed by atoms with Crippen LogP contribution in [0, 0.1) is 0 Å². The number of urea groups is 1. The number of alkyl halides is 2. The van der Waals surface area contributed by atoms with Gasteiger partial charge in [0.2, 0.25) is 5.91 Å². The number of carbonyl (C=O) groups excluding carboxylic acids is 2. The van der Waals surface area contributed by atoms with Crippen molar-refractivity contribution in [1.29, 1.82) is 0 Å². The van der Waals surface area contributed by atoms with Crippen molar-refractivity contribution in [2.45, 2.75) is 82.0 Å². The number of halogens is 2. The van der Waals surface area contributed by atoms with Crippen molar-refractivity contribution in [2.75, 3.05) is 13.1 Å². The lowest BCUT2D eigenvalue weighted by atomic mass is 9.93. The monoisotopic (exact) mass is 406 g/mol. The van der Waals surface area contributed by atoms with Crippen molar-refractivity contribution in [3.8, 4) is 0 Å². The fourth-order valence-electron chi connectivity index (χ4n) is 3.45. The highest BCUT2D eigenvalue weighted by Crippen LogP contribution is 2.25. The fourth-order valence-corrected chi connectivity index (χ4v) is 3.79. The highest BCUT2D eigenvalue weighted by molar-refractivity contribution is 6.21. The van der Waals surface area contributed by atoms with Crippen molar-refractivity contribution in [3.05, 3.63) is 0 Å². The number of hydrogen-bond donors (Lipinski definition) is 6. The van der Waals surface area contributed by atoms with E-state index in [2.05, 4.69) is 38.8 Å². The maximum atomic E-state index is 13.4. The van der Waals surface area contributed by atoms with Crippen molar-refractivity contribution in [1.82, 2.24) is 31.9 Å². The van der Waals surface area contributed by atoms with Crippen LogP contribution in [0.2, 0.25) is 0 Å². The molecule has 156 valence electrons. The van der Waals surface area contributed by atoms with E-state index in [1.165, 1.54) is 6.92 Å². The average molecular weight is 407 g/mol. The van der Waals surface area contributed by atoms with Crippen molar-refractivity contribution in [3.63, 3.8) is 0 Å². The summed E-state index contributed by atoms with van der Waals surface area (Å²) < 4.78 is 13.4. The van der Waals surface area contributed by atoms with Crippen LogP contribution in [0.3, 0.4) is 0 Å². The first-order chi connectivity index (χ1) is 12.8. The van der Waals surface area contributed by atoms with Gasteiger partial charge in [-0.3, -0.25) is 15.4 Å². The summed E-state index contributed by atoms with van der Waals surface area (Å²) in [5.41, 5.74) is 0. The second-order valence-corrected chi connectivity index (χ2v) is 7.97. The highest BCUT2D eigenvalue weighted by atomic mass is 35.5. The van der Waals surface area contributed by atoms with Crippen molar-refractivity contribution in [2.24, 2.45) is 0 Å².